The second-order valence-corrected chi connectivity index (χ2v) is 3.41. The van der Waals surface area contributed by atoms with Gasteiger partial charge in [0.25, 0.3) is 0 Å². The lowest BCUT2D eigenvalue weighted by Gasteiger charge is -2.10. The Kier molecular flexibility index (Phi) is 4.03. The lowest BCUT2D eigenvalue weighted by Crippen LogP contribution is -2.02. The Balaban J connectivity index is 2.81. The van der Waals surface area contributed by atoms with Gasteiger partial charge in [0.15, 0.2) is 0 Å². The Bertz CT molecular complexity index is 325. The third kappa shape index (κ3) is 3.54. The lowest BCUT2D eigenvalue weighted by molar-refractivity contribution is 0.394. The summed E-state index contributed by atoms with van der Waals surface area (Å²) in [6, 6.07) is 5.68. The van der Waals surface area contributed by atoms with E-state index in [0.29, 0.717) is 0 Å². The highest BCUT2D eigenvalue weighted by Gasteiger charge is 2.00. The van der Waals surface area contributed by atoms with Crippen molar-refractivity contribution in [3.05, 3.63) is 30.4 Å². The number of nitrogens with one attached hydrogen (secondary N) is 1. The zero-order chi connectivity index (χ0) is 11.3. The highest BCUT2D eigenvalue weighted by molar-refractivity contribution is 5.54. The molecule has 3 heteroatoms. The van der Waals surface area contributed by atoms with Crippen LogP contribution in [0.5, 0.6) is 11.5 Å². The average molecular weight is 207 g/mol. The molecule has 0 aliphatic heterocycles. The third-order valence-corrected chi connectivity index (χ3v) is 1.95. The minimum Gasteiger partial charge on any atom is -0.497 e. The number of hydrogen-bond donors (Lipinski definition) is 1. The molecule has 15 heavy (non-hydrogen) atoms. The van der Waals surface area contributed by atoms with Crippen molar-refractivity contribution in [1.29, 1.82) is 0 Å². The van der Waals surface area contributed by atoms with Gasteiger partial charge in [-0.15, -0.1) is 0 Å². The van der Waals surface area contributed by atoms with Crippen molar-refractivity contribution in [3.63, 3.8) is 0 Å². The summed E-state index contributed by atoms with van der Waals surface area (Å²) in [6.07, 6.45) is 0. The summed E-state index contributed by atoms with van der Waals surface area (Å²) in [7, 11) is 3.27. The molecule has 1 rings (SSSR count). The highest BCUT2D eigenvalue weighted by atomic mass is 16.5. The van der Waals surface area contributed by atoms with Gasteiger partial charge in [-0.25, -0.2) is 0 Å². The van der Waals surface area contributed by atoms with Crippen LogP contribution in [0, 0.1) is 0 Å². The molecule has 0 saturated carbocycles. The summed E-state index contributed by atoms with van der Waals surface area (Å²) in [5.41, 5.74) is 2.05. The Hall–Kier alpha value is -1.64. The van der Waals surface area contributed by atoms with Gasteiger partial charge in [-0.1, -0.05) is 12.2 Å². The van der Waals surface area contributed by atoms with Crippen LogP contribution in [0.2, 0.25) is 0 Å². The SMILES string of the molecule is C=C(C)CNc1cc(OC)cc(OC)c1. The van der Waals surface area contributed by atoms with E-state index in [0.717, 1.165) is 29.3 Å². The van der Waals surface area contributed by atoms with Crippen LogP contribution in [0.25, 0.3) is 0 Å². The molecule has 1 N–H and O–H groups in total. The zero-order valence-corrected chi connectivity index (χ0v) is 9.46. The molecule has 0 fully saturated rings. The number of methoxy groups -OCH3 is 2. The summed E-state index contributed by atoms with van der Waals surface area (Å²) >= 11 is 0. The minimum absolute atomic E-state index is 0.746. The maximum Gasteiger partial charge on any atom is 0.124 e. The molecule has 0 aliphatic rings. The standard InChI is InChI=1S/C12H17NO2/c1-9(2)8-13-10-5-11(14-3)7-12(6-10)15-4/h5-7,13H,1,8H2,2-4H3. The minimum atomic E-state index is 0.746. The van der Waals surface area contributed by atoms with Gasteiger partial charge in [-0.3, -0.25) is 0 Å². The first kappa shape index (κ1) is 11.4. The molecule has 1 aromatic carbocycles. The number of hydrogen-bond acceptors (Lipinski definition) is 3. The van der Waals surface area contributed by atoms with Crippen LogP contribution in [-0.2, 0) is 0 Å². The molecule has 0 heterocycles. The number of anilines is 1. The second-order valence-electron chi connectivity index (χ2n) is 3.41. The molecular formula is C12H17NO2. The highest BCUT2D eigenvalue weighted by Crippen LogP contribution is 2.25. The van der Waals surface area contributed by atoms with E-state index in [1.54, 1.807) is 14.2 Å². The molecule has 1 aromatic rings. The molecular weight excluding hydrogens is 190 g/mol. The Morgan fingerprint density at radius 2 is 1.73 bits per heavy atom. The van der Waals surface area contributed by atoms with Crippen LogP contribution in [0.1, 0.15) is 6.92 Å². The van der Waals surface area contributed by atoms with E-state index in [-0.39, 0.29) is 0 Å². The molecule has 0 saturated heterocycles. The lowest BCUT2D eigenvalue weighted by atomic mass is 10.2. The van der Waals surface area contributed by atoms with Crippen LogP contribution in [-0.4, -0.2) is 20.8 Å². The van der Waals surface area contributed by atoms with Crippen LogP contribution in [0.15, 0.2) is 30.4 Å². The van der Waals surface area contributed by atoms with E-state index in [9.17, 15) is 0 Å². The summed E-state index contributed by atoms with van der Waals surface area (Å²) < 4.78 is 10.3. The fourth-order valence-corrected chi connectivity index (χ4v) is 1.16. The molecule has 0 aromatic heterocycles. The molecule has 0 amide bonds. The van der Waals surface area contributed by atoms with Gasteiger partial charge in [0.2, 0.25) is 0 Å². The van der Waals surface area contributed by atoms with E-state index in [4.69, 9.17) is 9.47 Å². The van der Waals surface area contributed by atoms with E-state index in [1.807, 2.05) is 25.1 Å². The fraction of sp³-hybridized carbons (Fsp3) is 0.333. The van der Waals surface area contributed by atoms with E-state index in [2.05, 4.69) is 11.9 Å². The molecule has 3 nitrogen and oxygen atoms in total. The Labute approximate surface area is 90.7 Å². The molecule has 0 aliphatic carbocycles. The zero-order valence-electron chi connectivity index (χ0n) is 9.46. The van der Waals surface area contributed by atoms with Gasteiger partial charge < -0.3 is 14.8 Å². The van der Waals surface area contributed by atoms with Crippen molar-refractivity contribution in [3.8, 4) is 11.5 Å². The average Bonchev–Trinajstić information content (AvgIpc) is 2.25. The van der Waals surface area contributed by atoms with Gasteiger partial charge in [0.1, 0.15) is 11.5 Å². The van der Waals surface area contributed by atoms with Gasteiger partial charge in [-0.05, 0) is 6.92 Å². The molecule has 0 radical (unpaired) electrons. The van der Waals surface area contributed by atoms with Crippen molar-refractivity contribution < 1.29 is 9.47 Å². The van der Waals surface area contributed by atoms with Crippen molar-refractivity contribution in [2.24, 2.45) is 0 Å². The van der Waals surface area contributed by atoms with E-state index >= 15 is 0 Å². The van der Waals surface area contributed by atoms with Crippen molar-refractivity contribution >= 4 is 5.69 Å². The second kappa shape index (κ2) is 5.29. The predicted octanol–water partition coefficient (Wildman–Crippen LogP) is 2.69. The summed E-state index contributed by atoms with van der Waals surface area (Å²) in [5, 5.41) is 3.23. The quantitative estimate of drug-likeness (QED) is 0.753. The number of rotatable bonds is 5. The summed E-state index contributed by atoms with van der Waals surface area (Å²) in [6.45, 7) is 6.55. The van der Waals surface area contributed by atoms with Crippen molar-refractivity contribution in [2.45, 2.75) is 6.92 Å². The molecule has 82 valence electrons. The monoisotopic (exact) mass is 207 g/mol. The third-order valence-electron chi connectivity index (χ3n) is 1.95. The number of benzene rings is 1. The van der Waals surface area contributed by atoms with Gasteiger partial charge in [-0.2, -0.15) is 0 Å². The Morgan fingerprint density at radius 1 is 1.20 bits per heavy atom. The maximum atomic E-state index is 5.16. The topological polar surface area (TPSA) is 30.5 Å². The first-order chi connectivity index (χ1) is 7.15. The number of ether oxygens (including phenoxy) is 2. The van der Waals surface area contributed by atoms with Crippen LogP contribution < -0.4 is 14.8 Å². The van der Waals surface area contributed by atoms with Crippen LogP contribution >= 0.6 is 0 Å². The van der Waals surface area contributed by atoms with Crippen molar-refractivity contribution in [2.75, 3.05) is 26.1 Å². The van der Waals surface area contributed by atoms with E-state index in [1.165, 1.54) is 0 Å². The largest absolute Gasteiger partial charge is 0.497 e. The first-order valence-corrected chi connectivity index (χ1v) is 4.77. The predicted molar refractivity (Wildman–Crippen MR) is 62.8 cm³/mol. The van der Waals surface area contributed by atoms with E-state index < -0.39 is 0 Å². The van der Waals surface area contributed by atoms with Gasteiger partial charge >= 0.3 is 0 Å². The fourth-order valence-electron chi connectivity index (χ4n) is 1.16. The normalized spacial score (nSPS) is 9.53. The summed E-state index contributed by atoms with van der Waals surface area (Å²) in [5.74, 6) is 1.55. The van der Waals surface area contributed by atoms with Crippen molar-refractivity contribution in [1.82, 2.24) is 0 Å². The van der Waals surface area contributed by atoms with Gasteiger partial charge in [0, 0.05) is 30.4 Å². The summed E-state index contributed by atoms with van der Waals surface area (Å²) in [4.78, 5) is 0. The molecule has 0 atom stereocenters. The molecule has 0 unspecified atom stereocenters. The molecule has 0 spiro atoms. The smallest absolute Gasteiger partial charge is 0.124 e. The van der Waals surface area contributed by atoms with Crippen LogP contribution in [0.3, 0.4) is 0 Å². The van der Waals surface area contributed by atoms with Gasteiger partial charge in [0.05, 0.1) is 14.2 Å². The first-order valence-electron chi connectivity index (χ1n) is 4.77. The molecule has 0 bridgehead atoms. The Morgan fingerprint density at radius 3 is 2.13 bits per heavy atom. The van der Waals surface area contributed by atoms with Crippen LogP contribution in [0.4, 0.5) is 5.69 Å². The maximum absolute atomic E-state index is 5.16.